The molecule has 0 spiro atoms. The largest absolute Gasteiger partial charge is 0.457 e. The molecule has 0 radical (unpaired) electrons. The third kappa shape index (κ3) is 4.73. The van der Waals surface area contributed by atoms with Crippen LogP contribution in [0.15, 0.2) is 11.6 Å². The molecule has 0 bridgehead atoms. The molecule has 0 unspecified atom stereocenters. The van der Waals surface area contributed by atoms with Crippen LogP contribution in [0, 0.1) is 0 Å². The molecule has 0 heterocycles. The fraction of sp³-hybridized carbons (Fsp3) is 0.750. The van der Waals surface area contributed by atoms with Crippen molar-refractivity contribution in [2.24, 2.45) is 0 Å². The molecule has 0 saturated heterocycles. The maximum Gasteiger partial charge on any atom is 0.331 e. The van der Waals surface area contributed by atoms with Gasteiger partial charge in [0.25, 0.3) is 0 Å². The predicted molar refractivity (Wildman–Crippen MR) is 57.3 cm³/mol. The molecule has 92 valence electrons. The van der Waals surface area contributed by atoms with Crippen molar-refractivity contribution in [3.8, 4) is 0 Å². The van der Waals surface area contributed by atoms with Gasteiger partial charge in [0.2, 0.25) is 5.92 Å². The Morgan fingerprint density at radius 2 is 1.81 bits per heavy atom. The predicted octanol–water partition coefficient (Wildman–Crippen LogP) is 3.46. The Hall–Kier alpha value is -0.930. The summed E-state index contributed by atoms with van der Waals surface area (Å²) in [6.45, 7) is 5.33. The highest BCUT2D eigenvalue weighted by molar-refractivity contribution is 5.83. The quantitative estimate of drug-likeness (QED) is 0.511. The number of hydrogen-bond acceptors (Lipinski definition) is 2. The smallest absolute Gasteiger partial charge is 0.331 e. The minimum absolute atomic E-state index is 0.165. The molecule has 1 saturated carbocycles. The highest BCUT2D eigenvalue weighted by Crippen LogP contribution is 2.35. The Morgan fingerprint density at radius 1 is 1.31 bits per heavy atom. The number of carbonyl (C=O) groups is 1. The van der Waals surface area contributed by atoms with E-state index in [-0.39, 0.29) is 25.7 Å². The van der Waals surface area contributed by atoms with E-state index in [4.69, 9.17) is 4.74 Å². The molecule has 1 aliphatic rings. The molecular formula is C12H18F2O2. The van der Waals surface area contributed by atoms with Crippen LogP contribution in [0.4, 0.5) is 8.78 Å². The third-order valence-electron chi connectivity index (χ3n) is 2.35. The van der Waals surface area contributed by atoms with Crippen LogP contribution < -0.4 is 0 Å². The van der Waals surface area contributed by atoms with Crippen molar-refractivity contribution in [3.63, 3.8) is 0 Å². The minimum Gasteiger partial charge on any atom is -0.457 e. The molecule has 2 nitrogen and oxygen atoms in total. The molecule has 0 aliphatic heterocycles. The monoisotopic (exact) mass is 232 g/mol. The number of alkyl halides is 2. The molecule has 1 aliphatic carbocycles. The van der Waals surface area contributed by atoms with E-state index in [1.165, 1.54) is 6.08 Å². The van der Waals surface area contributed by atoms with E-state index in [0.29, 0.717) is 0 Å². The van der Waals surface area contributed by atoms with Crippen molar-refractivity contribution in [1.82, 2.24) is 0 Å². The van der Waals surface area contributed by atoms with Gasteiger partial charge in [-0.25, -0.2) is 13.6 Å². The first kappa shape index (κ1) is 13.1. The Balaban J connectivity index is 2.50. The topological polar surface area (TPSA) is 26.3 Å². The van der Waals surface area contributed by atoms with Crippen molar-refractivity contribution < 1.29 is 18.3 Å². The molecule has 0 aromatic carbocycles. The lowest BCUT2D eigenvalue weighted by Gasteiger charge is -2.24. The zero-order valence-corrected chi connectivity index (χ0v) is 9.98. The molecular weight excluding hydrogens is 214 g/mol. The number of ether oxygens (including phenoxy) is 1. The van der Waals surface area contributed by atoms with E-state index in [0.717, 1.165) is 5.57 Å². The average Bonchev–Trinajstić information content (AvgIpc) is 2.05. The van der Waals surface area contributed by atoms with Crippen LogP contribution in [0.5, 0.6) is 0 Å². The lowest BCUT2D eigenvalue weighted by Crippen LogP contribution is -2.24. The fourth-order valence-electron chi connectivity index (χ4n) is 1.58. The molecule has 1 rings (SSSR count). The Labute approximate surface area is 94.7 Å². The second-order valence-corrected chi connectivity index (χ2v) is 5.19. The number of halogens is 2. The number of esters is 1. The summed E-state index contributed by atoms with van der Waals surface area (Å²) in [6, 6.07) is 0. The maximum absolute atomic E-state index is 12.8. The molecule has 1 fully saturated rings. The lowest BCUT2D eigenvalue weighted by atomic mass is 9.91. The van der Waals surface area contributed by atoms with E-state index in [1.807, 2.05) is 0 Å². The van der Waals surface area contributed by atoms with Gasteiger partial charge in [-0.15, -0.1) is 0 Å². The van der Waals surface area contributed by atoms with Crippen LogP contribution in [0.3, 0.4) is 0 Å². The van der Waals surface area contributed by atoms with Gasteiger partial charge in [-0.1, -0.05) is 5.57 Å². The van der Waals surface area contributed by atoms with E-state index in [1.54, 1.807) is 20.8 Å². The van der Waals surface area contributed by atoms with Crippen LogP contribution in [0.2, 0.25) is 0 Å². The summed E-state index contributed by atoms with van der Waals surface area (Å²) < 4.78 is 30.8. The van der Waals surface area contributed by atoms with E-state index in [2.05, 4.69) is 0 Å². The number of hydrogen-bond donors (Lipinski definition) is 0. The number of carbonyl (C=O) groups excluding carboxylic acids is 1. The minimum atomic E-state index is -2.56. The van der Waals surface area contributed by atoms with Gasteiger partial charge < -0.3 is 4.74 Å². The summed E-state index contributed by atoms with van der Waals surface area (Å²) in [5, 5.41) is 0. The van der Waals surface area contributed by atoms with Gasteiger partial charge in [-0.3, -0.25) is 0 Å². The Morgan fingerprint density at radius 3 is 2.25 bits per heavy atom. The Kier molecular flexibility index (Phi) is 3.71. The van der Waals surface area contributed by atoms with E-state index in [9.17, 15) is 13.6 Å². The summed E-state index contributed by atoms with van der Waals surface area (Å²) in [7, 11) is 0. The van der Waals surface area contributed by atoms with Gasteiger partial charge in [0.1, 0.15) is 5.60 Å². The zero-order chi connectivity index (χ0) is 12.4. The maximum atomic E-state index is 12.8. The zero-order valence-electron chi connectivity index (χ0n) is 9.98. The van der Waals surface area contributed by atoms with E-state index < -0.39 is 17.5 Å². The van der Waals surface area contributed by atoms with Crippen molar-refractivity contribution in [2.45, 2.75) is 58.0 Å². The van der Waals surface area contributed by atoms with Gasteiger partial charge in [-0.05, 0) is 33.6 Å². The molecule has 4 heteroatoms. The van der Waals surface area contributed by atoms with Crippen molar-refractivity contribution in [3.05, 3.63) is 11.6 Å². The van der Waals surface area contributed by atoms with Gasteiger partial charge in [0.05, 0.1) is 0 Å². The normalized spacial score (nSPS) is 20.4. The standard InChI is InChI=1S/C12H18F2O2/c1-11(2,3)16-10(15)8-9-4-6-12(13,14)7-5-9/h8H,4-7H2,1-3H3. The first-order valence-corrected chi connectivity index (χ1v) is 5.48. The highest BCUT2D eigenvalue weighted by Gasteiger charge is 2.32. The summed E-state index contributed by atoms with van der Waals surface area (Å²) in [6.07, 6.45) is 1.60. The molecule has 0 aromatic rings. The van der Waals surface area contributed by atoms with Crippen molar-refractivity contribution >= 4 is 5.97 Å². The summed E-state index contributed by atoms with van der Waals surface area (Å²) >= 11 is 0. The summed E-state index contributed by atoms with van der Waals surface area (Å²) in [5.74, 6) is -3.00. The highest BCUT2D eigenvalue weighted by atomic mass is 19.3. The SMILES string of the molecule is CC(C)(C)OC(=O)C=C1CCC(F)(F)CC1. The molecule has 0 amide bonds. The third-order valence-corrected chi connectivity index (χ3v) is 2.35. The number of allylic oxidation sites excluding steroid dienone is 1. The van der Waals surface area contributed by atoms with Gasteiger partial charge in [-0.2, -0.15) is 0 Å². The van der Waals surface area contributed by atoms with Gasteiger partial charge >= 0.3 is 5.97 Å². The molecule has 0 aromatic heterocycles. The van der Waals surface area contributed by atoms with Crippen molar-refractivity contribution in [1.29, 1.82) is 0 Å². The lowest BCUT2D eigenvalue weighted by molar-refractivity contribution is -0.148. The second-order valence-electron chi connectivity index (χ2n) is 5.19. The van der Waals surface area contributed by atoms with Gasteiger partial charge in [0, 0.05) is 18.9 Å². The Bertz CT molecular complexity index is 289. The van der Waals surface area contributed by atoms with Gasteiger partial charge in [0.15, 0.2) is 0 Å². The van der Waals surface area contributed by atoms with Crippen molar-refractivity contribution in [2.75, 3.05) is 0 Å². The second kappa shape index (κ2) is 4.52. The molecule has 16 heavy (non-hydrogen) atoms. The van der Waals surface area contributed by atoms with Crippen LogP contribution >= 0.6 is 0 Å². The molecule has 0 atom stereocenters. The number of rotatable bonds is 1. The first-order valence-electron chi connectivity index (χ1n) is 5.48. The van der Waals surface area contributed by atoms with Crippen LogP contribution in [-0.2, 0) is 9.53 Å². The summed E-state index contributed by atoms with van der Waals surface area (Å²) in [5.41, 5.74) is 0.229. The van der Waals surface area contributed by atoms with Crippen LogP contribution in [0.25, 0.3) is 0 Å². The molecule has 0 N–H and O–H groups in total. The van der Waals surface area contributed by atoms with Crippen LogP contribution in [0.1, 0.15) is 46.5 Å². The first-order chi connectivity index (χ1) is 7.18. The average molecular weight is 232 g/mol. The van der Waals surface area contributed by atoms with Crippen LogP contribution in [-0.4, -0.2) is 17.5 Å². The van der Waals surface area contributed by atoms with E-state index >= 15 is 0 Å². The summed E-state index contributed by atoms with van der Waals surface area (Å²) in [4.78, 5) is 11.4. The fourth-order valence-corrected chi connectivity index (χ4v) is 1.58.